The Balaban J connectivity index is 1.72. The number of anilines is 1. The van der Waals surface area contributed by atoms with E-state index in [0.717, 1.165) is 4.88 Å². The van der Waals surface area contributed by atoms with Gasteiger partial charge in [0, 0.05) is 22.8 Å². The number of rotatable bonds is 4. The molecule has 0 fully saturated rings. The van der Waals surface area contributed by atoms with Gasteiger partial charge in [-0.05, 0) is 29.6 Å². The number of halogens is 2. The Morgan fingerprint density at radius 1 is 1.15 bits per heavy atom. The van der Waals surface area contributed by atoms with Crippen molar-refractivity contribution in [3.05, 3.63) is 68.6 Å². The van der Waals surface area contributed by atoms with Gasteiger partial charge >= 0.3 is 0 Å². The van der Waals surface area contributed by atoms with Gasteiger partial charge in [-0.3, -0.25) is 4.79 Å². The fourth-order valence-corrected chi connectivity index (χ4v) is 3.70. The van der Waals surface area contributed by atoms with Gasteiger partial charge in [-0.2, -0.15) is 0 Å². The van der Waals surface area contributed by atoms with Crippen molar-refractivity contribution in [2.45, 2.75) is 6.54 Å². The maximum absolute atomic E-state index is 13.2. The Kier molecular flexibility index (Phi) is 5.20. The van der Waals surface area contributed by atoms with Crippen LogP contribution in [0.1, 0.15) is 15.2 Å². The molecule has 1 aromatic carbocycles. The number of fused-ring (bicyclic) bond motifs is 1. The molecule has 0 unspecified atom stereocenters. The van der Waals surface area contributed by atoms with Gasteiger partial charge in [-0.15, -0.1) is 11.3 Å². The summed E-state index contributed by atoms with van der Waals surface area (Å²) in [5, 5.41) is 2.38. The van der Waals surface area contributed by atoms with Crippen molar-refractivity contribution in [2.75, 3.05) is 18.1 Å². The highest BCUT2D eigenvalue weighted by Gasteiger charge is 2.22. The number of thiophene rings is 1. The number of benzene rings is 1. The lowest BCUT2D eigenvalue weighted by molar-refractivity contribution is 0.0985. The van der Waals surface area contributed by atoms with Crippen molar-refractivity contribution in [1.82, 2.24) is 4.98 Å². The van der Waals surface area contributed by atoms with E-state index in [0.29, 0.717) is 42.5 Å². The van der Waals surface area contributed by atoms with Gasteiger partial charge < -0.3 is 14.4 Å². The number of amides is 1. The van der Waals surface area contributed by atoms with Gasteiger partial charge in [-0.25, -0.2) is 4.98 Å². The van der Waals surface area contributed by atoms with E-state index in [-0.39, 0.29) is 16.1 Å². The maximum atomic E-state index is 13.2. The van der Waals surface area contributed by atoms with Crippen molar-refractivity contribution >= 4 is 46.1 Å². The number of carbonyl (C=O) groups excluding carboxylic acids is 1. The van der Waals surface area contributed by atoms with Crippen LogP contribution in [0.4, 0.5) is 5.69 Å². The number of hydrogen-bond donors (Lipinski definition) is 0. The average molecular weight is 421 g/mol. The Hall–Kier alpha value is -2.28. The molecule has 0 radical (unpaired) electrons. The third-order valence-corrected chi connectivity index (χ3v) is 5.57. The molecule has 27 heavy (non-hydrogen) atoms. The molecule has 3 aromatic rings. The van der Waals surface area contributed by atoms with Crippen molar-refractivity contribution in [2.24, 2.45) is 0 Å². The minimum atomic E-state index is -0.230. The van der Waals surface area contributed by atoms with Crippen LogP contribution in [0.2, 0.25) is 10.2 Å². The van der Waals surface area contributed by atoms with Crippen molar-refractivity contribution < 1.29 is 14.3 Å². The summed E-state index contributed by atoms with van der Waals surface area (Å²) in [5.74, 6) is 1.06. The van der Waals surface area contributed by atoms with Gasteiger partial charge in [0.2, 0.25) is 0 Å². The van der Waals surface area contributed by atoms with E-state index in [4.69, 9.17) is 32.7 Å². The highest BCUT2D eigenvalue weighted by molar-refractivity contribution is 7.09. The largest absolute Gasteiger partial charge is 0.486 e. The van der Waals surface area contributed by atoms with Crippen molar-refractivity contribution in [3.8, 4) is 11.5 Å². The highest BCUT2D eigenvalue weighted by atomic mass is 35.5. The van der Waals surface area contributed by atoms with Crippen molar-refractivity contribution in [1.29, 1.82) is 0 Å². The summed E-state index contributed by atoms with van der Waals surface area (Å²) >= 11 is 13.5. The third-order valence-electron chi connectivity index (χ3n) is 4.02. The van der Waals surface area contributed by atoms with Crippen LogP contribution < -0.4 is 14.4 Å². The van der Waals surface area contributed by atoms with E-state index in [9.17, 15) is 4.79 Å². The molecule has 138 valence electrons. The molecule has 4 rings (SSSR count). The van der Waals surface area contributed by atoms with Crippen LogP contribution in [0.25, 0.3) is 0 Å². The Labute approximate surface area is 170 Å². The summed E-state index contributed by atoms with van der Waals surface area (Å²) in [4.78, 5) is 19.9. The predicted molar refractivity (Wildman–Crippen MR) is 107 cm³/mol. The molecule has 5 nitrogen and oxygen atoms in total. The summed E-state index contributed by atoms with van der Waals surface area (Å²) in [5.41, 5.74) is 1.06. The second-order valence-electron chi connectivity index (χ2n) is 5.80. The van der Waals surface area contributed by atoms with Crippen LogP contribution in [0, 0.1) is 0 Å². The predicted octanol–water partition coefficient (Wildman–Crippen LogP) is 5.07. The third kappa shape index (κ3) is 3.88. The standard InChI is InChI=1S/C19H14Cl2N2O3S/c20-15-8-12(10-22-18(15)21)19(24)23(11-14-2-1-7-27-14)13-3-4-16-17(9-13)26-6-5-25-16/h1-4,7-10H,5-6,11H2. The van der Waals surface area contributed by atoms with Crippen LogP contribution in [0.3, 0.4) is 0 Å². The number of nitrogens with zero attached hydrogens (tertiary/aromatic N) is 2. The van der Waals surface area contributed by atoms with E-state index in [1.165, 1.54) is 12.3 Å². The summed E-state index contributed by atoms with van der Waals surface area (Å²) in [6, 6.07) is 10.9. The molecule has 0 N–H and O–H groups in total. The van der Waals surface area contributed by atoms with Gasteiger partial charge in [-0.1, -0.05) is 29.3 Å². The minimum absolute atomic E-state index is 0.164. The molecular weight excluding hydrogens is 407 g/mol. The van der Waals surface area contributed by atoms with E-state index >= 15 is 0 Å². The first-order chi connectivity index (χ1) is 13.1. The summed E-state index contributed by atoms with van der Waals surface area (Å²) in [6.07, 6.45) is 1.43. The molecule has 3 heterocycles. The van der Waals surface area contributed by atoms with Crippen LogP contribution in [-0.4, -0.2) is 24.1 Å². The van der Waals surface area contributed by atoms with Crippen LogP contribution >= 0.6 is 34.5 Å². The molecule has 0 spiro atoms. The molecule has 1 amide bonds. The first kappa shape index (κ1) is 18.1. The number of pyridine rings is 1. The molecule has 8 heteroatoms. The van der Waals surface area contributed by atoms with Gasteiger partial charge in [0.25, 0.3) is 5.91 Å². The van der Waals surface area contributed by atoms with Gasteiger partial charge in [0.1, 0.15) is 18.4 Å². The number of ether oxygens (including phenoxy) is 2. The van der Waals surface area contributed by atoms with E-state index < -0.39 is 0 Å². The molecule has 0 aliphatic carbocycles. The topological polar surface area (TPSA) is 51.7 Å². The lowest BCUT2D eigenvalue weighted by Crippen LogP contribution is -2.30. The van der Waals surface area contributed by atoms with E-state index in [1.54, 1.807) is 16.2 Å². The zero-order chi connectivity index (χ0) is 18.8. The minimum Gasteiger partial charge on any atom is -0.486 e. The lowest BCUT2D eigenvalue weighted by Gasteiger charge is -2.25. The summed E-state index contributed by atoms with van der Waals surface area (Å²) in [7, 11) is 0. The Morgan fingerprint density at radius 2 is 1.96 bits per heavy atom. The van der Waals surface area contributed by atoms with Gasteiger partial charge in [0.05, 0.1) is 17.1 Å². The quantitative estimate of drug-likeness (QED) is 0.552. The smallest absolute Gasteiger partial charge is 0.260 e. The number of hydrogen-bond acceptors (Lipinski definition) is 5. The van der Waals surface area contributed by atoms with E-state index in [1.807, 2.05) is 35.7 Å². The molecule has 2 aromatic heterocycles. The fourth-order valence-electron chi connectivity index (χ4n) is 2.73. The maximum Gasteiger partial charge on any atom is 0.260 e. The van der Waals surface area contributed by atoms with Crippen molar-refractivity contribution in [3.63, 3.8) is 0 Å². The zero-order valence-electron chi connectivity index (χ0n) is 14.0. The number of aromatic nitrogens is 1. The highest BCUT2D eigenvalue weighted by Crippen LogP contribution is 2.35. The fraction of sp³-hybridized carbons (Fsp3) is 0.158. The zero-order valence-corrected chi connectivity index (χ0v) is 16.4. The monoisotopic (exact) mass is 420 g/mol. The first-order valence-corrected chi connectivity index (χ1v) is 9.80. The Morgan fingerprint density at radius 3 is 2.70 bits per heavy atom. The normalized spacial score (nSPS) is 12.7. The lowest BCUT2D eigenvalue weighted by atomic mass is 10.2. The summed E-state index contributed by atoms with van der Waals surface area (Å²) in [6.45, 7) is 1.40. The average Bonchev–Trinajstić information content (AvgIpc) is 3.20. The van der Waals surface area contributed by atoms with Crippen LogP contribution in [-0.2, 0) is 6.54 Å². The summed E-state index contributed by atoms with van der Waals surface area (Å²) < 4.78 is 11.2. The molecule has 0 saturated carbocycles. The van der Waals surface area contributed by atoms with Crippen LogP contribution in [0.15, 0.2) is 48.0 Å². The SMILES string of the molecule is O=C(c1cnc(Cl)c(Cl)c1)N(Cc1cccs1)c1ccc2c(c1)OCCO2. The molecule has 1 aliphatic rings. The molecule has 0 bridgehead atoms. The second-order valence-corrected chi connectivity index (χ2v) is 7.59. The first-order valence-electron chi connectivity index (χ1n) is 8.17. The Bertz CT molecular complexity index is 979. The second kappa shape index (κ2) is 7.76. The molecular formula is C19H14Cl2N2O3S. The molecule has 0 saturated heterocycles. The number of carbonyl (C=O) groups is 1. The molecule has 0 atom stereocenters. The van der Waals surface area contributed by atoms with Gasteiger partial charge in [0.15, 0.2) is 11.5 Å². The molecule has 1 aliphatic heterocycles. The van der Waals surface area contributed by atoms with E-state index in [2.05, 4.69) is 4.98 Å². The van der Waals surface area contributed by atoms with Crippen LogP contribution in [0.5, 0.6) is 11.5 Å².